The van der Waals surface area contributed by atoms with E-state index in [0.717, 1.165) is 6.42 Å². The molecule has 28 heavy (non-hydrogen) atoms. The SMILES string of the molecule is CC[C@H](C)NC(=O)C1CCN(S(=O)(=O)c2cc3c(cc2Cl)NC(=O)CO3)CC1. The maximum Gasteiger partial charge on any atom is 0.262 e. The van der Waals surface area contributed by atoms with Gasteiger partial charge in [-0.05, 0) is 32.3 Å². The number of nitrogens with zero attached hydrogens (tertiary/aromatic N) is 1. The summed E-state index contributed by atoms with van der Waals surface area (Å²) in [6, 6.07) is 2.82. The molecule has 3 rings (SSSR count). The molecule has 8 nitrogen and oxygen atoms in total. The summed E-state index contributed by atoms with van der Waals surface area (Å²) in [6.45, 7) is 4.25. The van der Waals surface area contributed by atoms with Crippen LogP contribution in [-0.4, -0.2) is 50.3 Å². The number of sulfonamides is 1. The fourth-order valence-electron chi connectivity index (χ4n) is 3.24. The molecule has 2 aliphatic rings. The number of hydrogen-bond donors (Lipinski definition) is 2. The zero-order chi connectivity index (χ0) is 20.5. The number of carbonyl (C=O) groups excluding carboxylic acids is 2. The van der Waals surface area contributed by atoms with Crippen molar-refractivity contribution in [1.29, 1.82) is 0 Å². The molecule has 1 saturated heterocycles. The van der Waals surface area contributed by atoms with Gasteiger partial charge in [-0.2, -0.15) is 4.31 Å². The van der Waals surface area contributed by atoms with Crippen molar-refractivity contribution < 1.29 is 22.7 Å². The predicted octanol–water partition coefficient (Wildman–Crippen LogP) is 1.99. The van der Waals surface area contributed by atoms with Crippen molar-refractivity contribution in [3.63, 3.8) is 0 Å². The van der Waals surface area contributed by atoms with Crippen LogP contribution >= 0.6 is 11.6 Å². The minimum Gasteiger partial charge on any atom is -0.482 e. The van der Waals surface area contributed by atoms with E-state index in [1.54, 1.807) is 0 Å². The summed E-state index contributed by atoms with van der Waals surface area (Å²) < 4.78 is 32.8. The number of carbonyl (C=O) groups is 2. The number of rotatable bonds is 5. The van der Waals surface area contributed by atoms with E-state index < -0.39 is 10.0 Å². The zero-order valence-electron chi connectivity index (χ0n) is 15.8. The van der Waals surface area contributed by atoms with Crippen molar-refractivity contribution in [3.8, 4) is 5.75 Å². The van der Waals surface area contributed by atoms with E-state index in [4.69, 9.17) is 16.3 Å². The van der Waals surface area contributed by atoms with Crippen LogP contribution in [0.15, 0.2) is 17.0 Å². The van der Waals surface area contributed by atoms with Crippen molar-refractivity contribution >= 4 is 39.1 Å². The second-order valence-electron chi connectivity index (χ2n) is 7.11. The van der Waals surface area contributed by atoms with Crippen LogP contribution < -0.4 is 15.4 Å². The van der Waals surface area contributed by atoms with Crippen molar-refractivity contribution in [2.24, 2.45) is 5.92 Å². The van der Waals surface area contributed by atoms with Gasteiger partial charge in [0.2, 0.25) is 15.9 Å². The van der Waals surface area contributed by atoms with Gasteiger partial charge in [-0.1, -0.05) is 18.5 Å². The fourth-order valence-corrected chi connectivity index (χ4v) is 5.23. The van der Waals surface area contributed by atoms with Crippen LogP contribution in [0.1, 0.15) is 33.1 Å². The number of amides is 2. The average molecular weight is 430 g/mol. The quantitative estimate of drug-likeness (QED) is 0.744. The lowest BCUT2D eigenvalue weighted by molar-refractivity contribution is -0.126. The fraction of sp³-hybridized carbons (Fsp3) is 0.556. The number of halogens is 1. The molecule has 154 valence electrons. The Morgan fingerprint density at radius 1 is 1.39 bits per heavy atom. The Hall–Kier alpha value is -1.84. The second-order valence-corrected chi connectivity index (χ2v) is 9.43. The number of nitrogens with one attached hydrogen (secondary N) is 2. The molecule has 2 aliphatic heterocycles. The summed E-state index contributed by atoms with van der Waals surface area (Å²) in [6.07, 6.45) is 1.76. The Kier molecular flexibility index (Phi) is 6.16. The zero-order valence-corrected chi connectivity index (χ0v) is 17.4. The lowest BCUT2D eigenvalue weighted by Crippen LogP contribution is -2.44. The van der Waals surface area contributed by atoms with Gasteiger partial charge >= 0.3 is 0 Å². The Bertz CT molecular complexity index is 881. The summed E-state index contributed by atoms with van der Waals surface area (Å²) in [5.41, 5.74) is 0.348. The van der Waals surface area contributed by atoms with Crippen LogP contribution in [0.5, 0.6) is 5.75 Å². The first-order valence-electron chi connectivity index (χ1n) is 9.29. The van der Waals surface area contributed by atoms with Gasteiger partial charge in [0.1, 0.15) is 10.6 Å². The molecular weight excluding hydrogens is 406 g/mol. The number of ether oxygens (including phenoxy) is 1. The number of benzene rings is 1. The molecule has 0 aromatic heterocycles. The number of fused-ring (bicyclic) bond motifs is 1. The third-order valence-electron chi connectivity index (χ3n) is 5.11. The van der Waals surface area contributed by atoms with Gasteiger partial charge in [0.05, 0.1) is 10.7 Å². The maximum atomic E-state index is 13.1. The van der Waals surface area contributed by atoms with Crippen LogP contribution in [0.4, 0.5) is 5.69 Å². The minimum atomic E-state index is -3.84. The number of hydrogen-bond acceptors (Lipinski definition) is 5. The van der Waals surface area contributed by atoms with E-state index >= 15 is 0 Å². The molecule has 0 aliphatic carbocycles. The molecule has 10 heteroatoms. The predicted molar refractivity (Wildman–Crippen MR) is 105 cm³/mol. The molecular formula is C18H24ClN3O5S. The minimum absolute atomic E-state index is 0.0150. The third-order valence-corrected chi connectivity index (χ3v) is 7.47. The number of piperidine rings is 1. The van der Waals surface area contributed by atoms with Crippen LogP contribution in [0.2, 0.25) is 5.02 Å². The van der Waals surface area contributed by atoms with Gasteiger partial charge in [-0.25, -0.2) is 8.42 Å². The molecule has 1 fully saturated rings. The lowest BCUT2D eigenvalue weighted by Gasteiger charge is -2.31. The molecule has 2 N–H and O–H groups in total. The molecule has 2 amide bonds. The molecule has 0 bridgehead atoms. The Morgan fingerprint density at radius 2 is 2.07 bits per heavy atom. The molecule has 1 aromatic rings. The van der Waals surface area contributed by atoms with Crippen LogP contribution in [0, 0.1) is 5.92 Å². The summed E-state index contributed by atoms with van der Waals surface area (Å²) in [4.78, 5) is 23.6. The van der Waals surface area contributed by atoms with Crippen molar-refractivity contribution in [2.75, 3.05) is 25.0 Å². The summed E-state index contributed by atoms with van der Waals surface area (Å²) in [5, 5.41) is 5.56. The highest BCUT2D eigenvalue weighted by Gasteiger charge is 2.34. The van der Waals surface area contributed by atoms with E-state index in [-0.39, 0.29) is 59.1 Å². The van der Waals surface area contributed by atoms with Gasteiger partial charge in [0.15, 0.2) is 6.61 Å². The first kappa shape index (κ1) is 20.9. The highest BCUT2D eigenvalue weighted by molar-refractivity contribution is 7.89. The molecule has 0 radical (unpaired) electrons. The van der Waals surface area contributed by atoms with Crippen LogP contribution in [0.3, 0.4) is 0 Å². The maximum absolute atomic E-state index is 13.1. The Morgan fingerprint density at radius 3 is 2.71 bits per heavy atom. The van der Waals surface area contributed by atoms with E-state index in [0.29, 0.717) is 18.5 Å². The topological polar surface area (TPSA) is 105 Å². The first-order chi connectivity index (χ1) is 13.2. The molecule has 1 atom stereocenters. The largest absolute Gasteiger partial charge is 0.482 e. The lowest BCUT2D eigenvalue weighted by atomic mass is 9.97. The highest BCUT2D eigenvalue weighted by atomic mass is 35.5. The third kappa shape index (κ3) is 4.26. The van der Waals surface area contributed by atoms with Gasteiger partial charge in [0, 0.05) is 31.1 Å². The molecule has 0 spiro atoms. The van der Waals surface area contributed by atoms with Gasteiger partial charge < -0.3 is 15.4 Å². The molecule has 0 saturated carbocycles. The van der Waals surface area contributed by atoms with E-state index in [1.165, 1.54) is 16.4 Å². The first-order valence-corrected chi connectivity index (χ1v) is 11.1. The van der Waals surface area contributed by atoms with E-state index in [9.17, 15) is 18.0 Å². The Balaban J connectivity index is 1.73. The van der Waals surface area contributed by atoms with Crippen molar-refractivity contribution in [1.82, 2.24) is 9.62 Å². The molecule has 1 aromatic carbocycles. The number of anilines is 1. The van der Waals surface area contributed by atoms with Gasteiger partial charge in [-0.3, -0.25) is 9.59 Å². The van der Waals surface area contributed by atoms with Crippen molar-refractivity contribution in [3.05, 3.63) is 17.2 Å². The monoisotopic (exact) mass is 429 g/mol. The van der Waals surface area contributed by atoms with Crippen LogP contribution in [-0.2, 0) is 19.6 Å². The Labute approximate surface area is 169 Å². The smallest absolute Gasteiger partial charge is 0.262 e. The van der Waals surface area contributed by atoms with E-state index in [1.807, 2.05) is 13.8 Å². The average Bonchev–Trinajstić information content (AvgIpc) is 2.67. The van der Waals surface area contributed by atoms with Crippen molar-refractivity contribution in [2.45, 2.75) is 44.0 Å². The normalized spacial score (nSPS) is 19.3. The molecule has 2 heterocycles. The second kappa shape index (κ2) is 8.26. The summed E-state index contributed by atoms with van der Waals surface area (Å²) in [5.74, 6) is -0.275. The molecule has 0 unspecified atom stereocenters. The van der Waals surface area contributed by atoms with Gasteiger partial charge in [-0.15, -0.1) is 0 Å². The van der Waals surface area contributed by atoms with Crippen LogP contribution in [0.25, 0.3) is 0 Å². The van der Waals surface area contributed by atoms with E-state index in [2.05, 4.69) is 10.6 Å². The highest BCUT2D eigenvalue weighted by Crippen LogP contribution is 2.37. The van der Waals surface area contributed by atoms with Gasteiger partial charge in [0.25, 0.3) is 5.91 Å². The standard InChI is InChI=1S/C18H24ClN3O5S/c1-3-11(2)20-18(24)12-4-6-22(7-5-12)28(25,26)16-9-15-14(8-13(16)19)21-17(23)10-27-15/h8-9,11-12H,3-7,10H2,1-2H3,(H,20,24)(H,21,23)/t11-/m0/s1. The summed E-state index contributed by atoms with van der Waals surface area (Å²) in [7, 11) is -3.84. The summed E-state index contributed by atoms with van der Waals surface area (Å²) >= 11 is 6.19.